The van der Waals surface area contributed by atoms with Crippen molar-refractivity contribution in [3.63, 3.8) is 0 Å². The standard InChI is InChI=1S/C24H27N3O2/c1-4-25-12-14-26(15-13-25)22-21(19-10-8-17(2)9-11-19)23(28)27(24(22)29)20-7-5-6-18(3)16-20/h5-11,16H,4,12-15H2,1-3H3. The molecule has 1 saturated heterocycles. The van der Waals surface area contributed by atoms with E-state index in [2.05, 4.69) is 16.7 Å². The van der Waals surface area contributed by atoms with Gasteiger partial charge in [0, 0.05) is 26.2 Å². The molecule has 0 aromatic heterocycles. The predicted octanol–water partition coefficient (Wildman–Crippen LogP) is 3.23. The minimum Gasteiger partial charge on any atom is -0.364 e. The lowest BCUT2D eigenvalue weighted by atomic mass is 10.0. The molecule has 5 heteroatoms. The fourth-order valence-electron chi connectivity index (χ4n) is 4.08. The zero-order valence-corrected chi connectivity index (χ0v) is 17.3. The molecule has 2 aromatic carbocycles. The molecule has 0 atom stereocenters. The van der Waals surface area contributed by atoms with E-state index in [0.29, 0.717) is 17.0 Å². The number of likely N-dealkylation sites (N-methyl/N-ethyl adjacent to an activating group) is 1. The molecule has 0 N–H and O–H groups in total. The monoisotopic (exact) mass is 389 g/mol. The Bertz CT molecular complexity index is 970. The van der Waals surface area contributed by atoms with Crippen LogP contribution >= 0.6 is 0 Å². The Hall–Kier alpha value is -2.92. The summed E-state index contributed by atoms with van der Waals surface area (Å²) < 4.78 is 0. The van der Waals surface area contributed by atoms with Gasteiger partial charge in [-0.25, -0.2) is 4.90 Å². The smallest absolute Gasteiger partial charge is 0.282 e. The van der Waals surface area contributed by atoms with Gasteiger partial charge in [0.25, 0.3) is 11.8 Å². The van der Waals surface area contributed by atoms with Gasteiger partial charge in [0.2, 0.25) is 0 Å². The van der Waals surface area contributed by atoms with Crippen molar-refractivity contribution in [1.29, 1.82) is 0 Å². The number of rotatable bonds is 4. The first-order valence-corrected chi connectivity index (χ1v) is 10.2. The first kappa shape index (κ1) is 19.4. The maximum Gasteiger partial charge on any atom is 0.282 e. The Morgan fingerprint density at radius 1 is 0.828 bits per heavy atom. The highest BCUT2D eigenvalue weighted by Gasteiger charge is 2.42. The summed E-state index contributed by atoms with van der Waals surface area (Å²) in [6.07, 6.45) is 0. The Morgan fingerprint density at radius 3 is 2.14 bits per heavy atom. The number of carbonyl (C=O) groups is 2. The molecule has 0 bridgehead atoms. The van der Waals surface area contributed by atoms with Crippen LogP contribution in [0.5, 0.6) is 0 Å². The molecule has 2 heterocycles. The largest absolute Gasteiger partial charge is 0.364 e. The van der Waals surface area contributed by atoms with E-state index in [1.165, 1.54) is 4.90 Å². The van der Waals surface area contributed by atoms with Gasteiger partial charge < -0.3 is 9.80 Å². The second-order valence-corrected chi connectivity index (χ2v) is 7.80. The maximum absolute atomic E-state index is 13.5. The van der Waals surface area contributed by atoms with Crippen LogP contribution in [0.2, 0.25) is 0 Å². The summed E-state index contributed by atoms with van der Waals surface area (Å²) in [5.74, 6) is -0.460. The average molecular weight is 389 g/mol. The highest BCUT2D eigenvalue weighted by atomic mass is 16.2. The summed E-state index contributed by atoms with van der Waals surface area (Å²) >= 11 is 0. The number of hydrogen-bond acceptors (Lipinski definition) is 4. The Morgan fingerprint density at radius 2 is 1.52 bits per heavy atom. The molecular weight excluding hydrogens is 362 g/mol. The van der Waals surface area contributed by atoms with Gasteiger partial charge >= 0.3 is 0 Å². The van der Waals surface area contributed by atoms with Crippen molar-refractivity contribution in [2.24, 2.45) is 0 Å². The van der Waals surface area contributed by atoms with Crippen molar-refractivity contribution < 1.29 is 9.59 Å². The van der Waals surface area contributed by atoms with Crippen molar-refractivity contribution in [3.8, 4) is 0 Å². The molecule has 1 fully saturated rings. The first-order chi connectivity index (χ1) is 14.0. The van der Waals surface area contributed by atoms with E-state index in [1.807, 2.05) is 62.4 Å². The van der Waals surface area contributed by atoms with Crippen LogP contribution in [0, 0.1) is 13.8 Å². The fourth-order valence-corrected chi connectivity index (χ4v) is 4.08. The zero-order valence-electron chi connectivity index (χ0n) is 17.3. The van der Waals surface area contributed by atoms with Gasteiger partial charge in [-0.2, -0.15) is 0 Å². The SMILES string of the molecule is CCN1CCN(C2=C(c3ccc(C)cc3)C(=O)N(c3cccc(C)c3)C2=O)CC1. The third-order valence-electron chi connectivity index (χ3n) is 5.80. The summed E-state index contributed by atoms with van der Waals surface area (Å²) in [6, 6.07) is 15.4. The minimum absolute atomic E-state index is 0.221. The molecule has 0 radical (unpaired) electrons. The second kappa shape index (κ2) is 7.84. The van der Waals surface area contributed by atoms with Crippen molar-refractivity contribution in [2.75, 3.05) is 37.6 Å². The fraction of sp³-hybridized carbons (Fsp3) is 0.333. The van der Waals surface area contributed by atoms with Gasteiger partial charge in [-0.15, -0.1) is 0 Å². The summed E-state index contributed by atoms with van der Waals surface area (Å²) in [5, 5.41) is 0. The van der Waals surface area contributed by atoms with Gasteiger partial charge in [-0.1, -0.05) is 48.9 Å². The van der Waals surface area contributed by atoms with E-state index in [-0.39, 0.29) is 11.8 Å². The van der Waals surface area contributed by atoms with Crippen molar-refractivity contribution >= 4 is 23.1 Å². The third-order valence-corrected chi connectivity index (χ3v) is 5.80. The molecule has 5 nitrogen and oxygen atoms in total. The molecule has 2 amide bonds. The molecule has 29 heavy (non-hydrogen) atoms. The number of piperazine rings is 1. The molecule has 2 aliphatic rings. The van der Waals surface area contributed by atoms with Gasteiger partial charge in [-0.3, -0.25) is 9.59 Å². The minimum atomic E-state index is -0.239. The van der Waals surface area contributed by atoms with E-state index in [4.69, 9.17) is 0 Å². The molecule has 0 saturated carbocycles. The number of amides is 2. The highest BCUT2D eigenvalue weighted by Crippen LogP contribution is 2.35. The molecule has 2 aromatic rings. The Balaban J connectivity index is 1.78. The molecule has 2 aliphatic heterocycles. The van der Waals surface area contributed by atoms with E-state index in [0.717, 1.165) is 49.4 Å². The molecule has 0 spiro atoms. The molecule has 150 valence electrons. The molecule has 0 unspecified atom stereocenters. The number of aryl methyl sites for hydroxylation is 2. The van der Waals surface area contributed by atoms with E-state index in [1.54, 1.807) is 0 Å². The van der Waals surface area contributed by atoms with Crippen LogP contribution in [0.4, 0.5) is 5.69 Å². The zero-order chi connectivity index (χ0) is 20.5. The maximum atomic E-state index is 13.5. The number of imide groups is 1. The Labute approximate surface area is 172 Å². The topological polar surface area (TPSA) is 43.9 Å². The third kappa shape index (κ3) is 3.58. The van der Waals surface area contributed by atoms with Gasteiger partial charge in [0.15, 0.2) is 0 Å². The molecule has 0 aliphatic carbocycles. The van der Waals surface area contributed by atoms with Gasteiger partial charge in [0.05, 0.1) is 11.3 Å². The quantitative estimate of drug-likeness (QED) is 0.753. The van der Waals surface area contributed by atoms with Crippen molar-refractivity contribution in [3.05, 3.63) is 70.9 Å². The van der Waals surface area contributed by atoms with E-state index in [9.17, 15) is 9.59 Å². The number of hydrogen-bond donors (Lipinski definition) is 0. The first-order valence-electron chi connectivity index (χ1n) is 10.2. The van der Waals surface area contributed by atoms with Crippen molar-refractivity contribution in [1.82, 2.24) is 9.80 Å². The second-order valence-electron chi connectivity index (χ2n) is 7.80. The Kier molecular flexibility index (Phi) is 5.24. The van der Waals surface area contributed by atoms with Crippen LogP contribution < -0.4 is 4.90 Å². The van der Waals surface area contributed by atoms with Gasteiger partial charge in [-0.05, 0) is 43.7 Å². The van der Waals surface area contributed by atoms with Crippen LogP contribution in [-0.2, 0) is 9.59 Å². The number of nitrogens with zero attached hydrogens (tertiary/aromatic N) is 3. The number of carbonyl (C=O) groups excluding carboxylic acids is 2. The predicted molar refractivity (Wildman–Crippen MR) is 115 cm³/mol. The summed E-state index contributed by atoms with van der Waals surface area (Å²) in [7, 11) is 0. The molecule has 4 rings (SSSR count). The summed E-state index contributed by atoms with van der Waals surface area (Å²) in [4.78, 5) is 32.8. The van der Waals surface area contributed by atoms with Crippen LogP contribution in [0.25, 0.3) is 5.57 Å². The highest BCUT2D eigenvalue weighted by molar-refractivity contribution is 6.45. The molecular formula is C24H27N3O2. The van der Waals surface area contributed by atoms with Gasteiger partial charge in [0.1, 0.15) is 5.70 Å². The van der Waals surface area contributed by atoms with Crippen molar-refractivity contribution in [2.45, 2.75) is 20.8 Å². The van der Waals surface area contributed by atoms with E-state index < -0.39 is 0 Å². The average Bonchev–Trinajstić information content (AvgIpc) is 2.99. The van der Waals surface area contributed by atoms with Crippen LogP contribution in [0.1, 0.15) is 23.6 Å². The summed E-state index contributed by atoms with van der Waals surface area (Å²) in [5.41, 5.74) is 4.63. The lowest BCUT2D eigenvalue weighted by molar-refractivity contribution is -0.120. The summed E-state index contributed by atoms with van der Waals surface area (Å²) in [6.45, 7) is 10.4. The van der Waals surface area contributed by atoms with E-state index >= 15 is 0 Å². The van der Waals surface area contributed by atoms with Crippen LogP contribution in [0.3, 0.4) is 0 Å². The lowest BCUT2D eigenvalue weighted by Gasteiger charge is -2.36. The number of anilines is 1. The lowest BCUT2D eigenvalue weighted by Crippen LogP contribution is -2.47. The van der Waals surface area contributed by atoms with Crippen LogP contribution in [0.15, 0.2) is 54.2 Å². The number of benzene rings is 2. The van der Waals surface area contributed by atoms with Crippen LogP contribution in [-0.4, -0.2) is 54.3 Å². The normalized spacial score (nSPS) is 18.2.